The van der Waals surface area contributed by atoms with Crippen LogP contribution >= 0.6 is 0 Å². The van der Waals surface area contributed by atoms with Crippen LogP contribution in [0.4, 0.5) is 5.69 Å². The summed E-state index contributed by atoms with van der Waals surface area (Å²) in [6.45, 7) is 0.570. The Hall–Kier alpha value is -3.80. The van der Waals surface area contributed by atoms with Crippen LogP contribution in [0.2, 0.25) is 0 Å². The van der Waals surface area contributed by atoms with Crippen LogP contribution in [0, 0.1) is 0 Å². The van der Waals surface area contributed by atoms with Crippen molar-refractivity contribution in [2.24, 2.45) is 5.73 Å². The van der Waals surface area contributed by atoms with Gasteiger partial charge in [-0.1, -0.05) is 42.5 Å². The fourth-order valence-corrected chi connectivity index (χ4v) is 2.59. The largest absolute Gasteiger partial charge is 0.491 e. The van der Waals surface area contributed by atoms with E-state index in [1.165, 1.54) is 0 Å². The zero-order valence-corrected chi connectivity index (χ0v) is 15.8. The first-order chi connectivity index (χ1) is 14.1. The fraction of sp³-hybridized carbons (Fsp3) is 0.130. The number of anilines is 1. The van der Waals surface area contributed by atoms with Gasteiger partial charge in [0.1, 0.15) is 18.1 Å². The number of hydrogen-bond acceptors (Lipinski definition) is 4. The second-order valence-electron chi connectivity index (χ2n) is 6.31. The van der Waals surface area contributed by atoms with Gasteiger partial charge in [-0.05, 0) is 42.0 Å². The number of nitrogens with two attached hydrogens (primary N) is 1. The van der Waals surface area contributed by atoms with Crippen molar-refractivity contribution in [2.75, 3.05) is 11.9 Å². The summed E-state index contributed by atoms with van der Waals surface area (Å²) in [5.41, 5.74) is 7.12. The number of hydrogen-bond donors (Lipinski definition) is 2. The minimum atomic E-state index is -0.442. The third-order valence-corrected chi connectivity index (χ3v) is 4.11. The first-order valence-electron chi connectivity index (χ1n) is 9.20. The summed E-state index contributed by atoms with van der Waals surface area (Å²) in [6, 6.07) is 23.8. The van der Waals surface area contributed by atoms with Crippen LogP contribution in [0.25, 0.3) is 0 Å². The Labute approximate surface area is 169 Å². The van der Waals surface area contributed by atoms with Crippen LogP contribution in [-0.2, 0) is 11.4 Å². The molecule has 0 aliphatic rings. The molecule has 0 fully saturated rings. The van der Waals surface area contributed by atoms with Crippen molar-refractivity contribution in [1.29, 1.82) is 0 Å². The molecule has 0 aliphatic heterocycles. The predicted molar refractivity (Wildman–Crippen MR) is 111 cm³/mol. The normalized spacial score (nSPS) is 10.2. The van der Waals surface area contributed by atoms with Gasteiger partial charge in [-0.2, -0.15) is 0 Å². The first-order valence-corrected chi connectivity index (χ1v) is 9.20. The molecule has 3 rings (SSSR count). The van der Waals surface area contributed by atoms with Gasteiger partial charge in [0, 0.05) is 5.56 Å². The second-order valence-corrected chi connectivity index (χ2v) is 6.31. The molecule has 6 heteroatoms. The number of carbonyl (C=O) groups is 2. The Bertz CT molecular complexity index is 956. The summed E-state index contributed by atoms with van der Waals surface area (Å²) in [5, 5.41) is 2.83. The van der Waals surface area contributed by atoms with Gasteiger partial charge >= 0.3 is 0 Å². The average Bonchev–Trinajstić information content (AvgIpc) is 2.74. The molecule has 3 N–H and O–H groups in total. The van der Waals surface area contributed by atoms with Crippen molar-refractivity contribution in [3.05, 3.63) is 90.0 Å². The maximum atomic E-state index is 12.6. The number of para-hydroxylation sites is 3. The fourth-order valence-electron chi connectivity index (χ4n) is 2.59. The SMILES string of the molecule is NC(=O)CCOc1ccccc1NC(=O)c1ccc(COc2ccccc2)cc1. The number of ether oxygens (including phenoxy) is 2. The number of rotatable bonds is 9. The minimum Gasteiger partial charge on any atom is -0.491 e. The quantitative estimate of drug-likeness (QED) is 0.582. The summed E-state index contributed by atoms with van der Waals surface area (Å²) in [7, 11) is 0. The number of benzene rings is 3. The smallest absolute Gasteiger partial charge is 0.255 e. The zero-order valence-electron chi connectivity index (χ0n) is 15.8. The van der Waals surface area contributed by atoms with Gasteiger partial charge in [0.2, 0.25) is 5.91 Å². The van der Waals surface area contributed by atoms with Gasteiger partial charge < -0.3 is 20.5 Å². The summed E-state index contributed by atoms with van der Waals surface area (Å²) < 4.78 is 11.3. The van der Waals surface area contributed by atoms with Gasteiger partial charge in [-0.15, -0.1) is 0 Å². The van der Waals surface area contributed by atoms with E-state index in [9.17, 15) is 9.59 Å². The molecule has 0 spiro atoms. The van der Waals surface area contributed by atoms with Gasteiger partial charge in [0.15, 0.2) is 0 Å². The Morgan fingerprint density at radius 1 is 0.828 bits per heavy atom. The van der Waals surface area contributed by atoms with Crippen LogP contribution in [0.5, 0.6) is 11.5 Å². The average molecular weight is 390 g/mol. The Morgan fingerprint density at radius 2 is 1.52 bits per heavy atom. The lowest BCUT2D eigenvalue weighted by Gasteiger charge is -2.12. The van der Waals surface area contributed by atoms with Crippen molar-refractivity contribution in [3.63, 3.8) is 0 Å². The van der Waals surface area contributed by atoms with E-state index in [-0.39, 0.29) is 18.9 Å². The lowest BCUT2D eigenvalue weighted by Crippen LogP contribution is -2.16. The number of primary amides is 1. The molecule has 0 unspecified atom stereocenters. The van der Waals surface area contributed by atoms with Crippen LogP contribution in [-0.4, -0.2) is 18.4 Å². The summed E-state index contributed by atoms with van der Waals surface area (Å²) in [5.74, 6) is 0.576. The van der Waals surface area contributed by atoms with Gasteiger partial charge in [-0.3, -0.25) is 9.59 Å². The number of amides is 2. The lowest BCUT2D eigenvalue weighted by molar-refractivity contribution is -0.118. The van der Waals surface area contributed by atoms with E-state index in [0.717, 1.165) is 11.3 Å². The molecule has 0 aliphatic carbocycles. The van der Waals surface area contributed by atoms with Crippen molar-refractivity contribution < 1.29 is 19.1 Å². The minimum absolute atomic E-state index is 0.106. The molecule has 6 nitrogen and oxygen atoms in total. The zero-order chi connectivity index (χ0) is 20.5. The van der Waals surface area contributed by atoms with E-state index < -0.39 is 5.91 Å². The van der Waals surface area contributed by atoms with Gasteiger partial charge in [0.05, 0.1) is 18.7 Å². The van der Waals surface area contributed by atoms with Crippen molar-refractivity contribution in [1.82, 2.24) is 0 Å². The lowest BCUT2D eigenvalue weighted by atomic mass is 10.1. The molecule has 0 aromatic heterocycles. The third-order valence-electron chi connectivity index (χ3n) is 4.11. The Kier molecular flexibility index (Phi) is 6.84. The molecule has 0 bridgehead atoms. The highest BCUT2D eigenvalue weighted by molar-refractivity contribution is 6.05. The molecule has 29 heavy (non-hydrogen) atoms. The molecular formula is C23H22N2O4. The van der Waals surface area contributed by atoms with Crippen LogP contribution in [0.1, 0.15) is 22.3 Å². The Morgan fingerprint density at radius 3 is 2.24 bits per heavy atom. The second kappa shape index (κ2) is 9.94. The highest BCUT2D eigenvalue weighted by Gasteiger charge is 2.10. The van der Waals surface area contributed by atoms with Gasteiger partial charge in [-0.25, -0.2) is 0 Å². The van der Waals surface area contributed by atoms with E-state index >= 15 is 0 Å². The molecule has 0 heterocycles. The predicted octanol–water partition coefficient (Wildman–Crippen LogP) is 3.77. The van der Waals surface area contributed by atoms with E-state index in [4.69, 9.17) is 15.2 Å². The first kappa shape index (κ1) is 19.9. The van der Waals surface area contributed by atoms with E-state index in [1.54, 1.807) is 36.4 Å². The summed E-state index contributed by atoms with van der Waals surface area (Å²) in [4.78, 5) is 23.4. The van der Waals surface area contributed by atoms with Crippen molar-refractivity contribution >= 4 is 17.5 Å². The molecule has 0 radical (unpaired) electrons. The Balaban J connectivity index is 1.59. The number of nitrogens with one attached hydrogen (secondary N) is 1. The maximum absolute atomic E-state index is 12.6. The van der Waals surface area contributed by atoms with E-state index in [2.05, 4.69) is 5.32 Å². The molecular weight excluding hydrogens is 368 g/mol. The monoisotopic (exact) mass is 390 g/mol. The summed E-state index contributed by atoms with van der Waals surface area (Å²) >= 11 is 0. The standard InChI is InChI=1S/C23H22N2O4/c24-22(26)14-15-28-21-9-5-4-8-20(21)25-23(27)18-12-10-17(11-13-18)16-29-19-6-2-1-3-7-19/h1-13H,14-16H2,(H2,24,26)(H,25,27). The van der Waals surface area contributed by atoms with Crippen LogP contribution in [0.3, 0.4) is 0 Å². The van der Waals surface area contributed by atoms with Crippen molar-refractivity contribution in [3.8, 4) is 11.5 Å². The molecule has 0 saturated carbocycles. The molecule has 148 valence electrons. The topological polar surface area (TPSA) is 90.7 Å². The number of carbonyl (C=O) groups excluding carboxylic acids is 2. The molecule has 3 aromatic carbocycles. The molecule has 0 saturated heterocycles. The highest BCUT2D eigenvalue weighted by atomic mass is 16.5. The highest BCUT2D eigenvalue weighted by Crippen LogP contribution is 2.24. The third kappa shape index (κ3) is 6.10. The van der Waals surface area contributed by atoms with E-state index in [1.807, 2.05) is 42.5 Å². The van der Waals surface area contributed by atoms with E-state index in [0.29, 0.717) is 23.6 Å². The maximum Gasteiger partial charge on any atom is 0.255 e. The summed E-state index contributed by atoms with van der Waals surface area (Å²) in [6.07, 6.45) is 0.106. The van der Waals surface area contributed by atoms with Crippen LogP contribution in [0.15, 0.2) is 78.9 Å². The van der Waals surface area contributed by atoms with Gasteiger partial charge in [0.25, 0.3) is 5.91 Å². The molecule has 2 amide bonds. The molecule has 0 atom stereocenters. The van der Waals surface area contributed by atoms with Crippen molar-refractivity contribution in [2.45, 2.75) is 13.0 Å². The molecule has 3 aromatic rings. The van der Waals surface area contributed by atoms with Crippen LogP contribution < -0.4 is 20.5 Å².